The van der Waals surface area contributed by atoms with Crippen LogP contribution in [0.3, 0.4) is 0 Å². The highest BCUT2D eigenvalue weighted by atomic mass is 19.1. The minimum Gasteiger partial charge on any atom is -0.295 e. The number of carbonyl (C=O) groups excluding carboxylic acids is 4. The van der Waals surface area contributed by atoms with Crippen molar-refractivity contribution in [3.63, 3.8) is 0 Å². The minimum atomic E-state index is -1.10. The fourth-order valence-corrected chi connectivity index (χ4v) is 2.38. The Morgan fingerprint density at radius 2 is 2.00 bits per heavy atom. The molecule has 2 saturated heterocycles. The Kier molecular flexibility index (Phi) is 3.84. The molecule has 0 spiro atoms. The standard InChI is InChI=1S/C14H13FN2O4/c1-3-7-11(8(15)4-2)14(21)17(13(7)20)9-5-6-10(18)16-12(9)19/h3-4,9H,2,5-6H2,1H3,(H,16,18,19)/b7-3+,11-8-. The molecule has 0 aromatic rings. The van der Waals surface area contributed by atoms with E-state index < -0.39 is 41.1 Å². The van der Waals surface area contributed by atoms with E-state index in [1.54, 1.807) is 0 Å². The fraction of sp³-hybridized carbons (Fsp3) is 0.286. The van der Waals surface area contributed by atoms with E-state index in [0.29, 0.717) is 4.90 Å². The lowest BCUT2D eigenvalue weighted by Crippen LogP contribution is -2.54. The number of halogens is 1. The van der Waals surface area contributed by atoms with Gasteiger partial charge in [-0.2, -0.15) is 0 Å². The summed E-state index contributed by atoms with van der Waals surface area (Å²) in [5.41, 5.74) is -0.510. The van der Waals surface area contributed by atoms with Crippen molar-refractivity contribution in [2.75, 3.05) is 0 Å². The maximum Gasteiger partial charge on any atom is 0.265 e. The smallest absolute Gasteiger partial charge is 0.265 e. The van der Waals surface area contributed by atoms with Gasteiger partial charge in [0.1, 0.15) is 11.9 Å². The first-order valence-electron chi connectivity index (χ1n) is 6.32. The van der Waals surface area contributed by atoms with Gasteiger partial charge in [0.05, 0.1) is 11.1 Å². The summed E-state index contributed by atoms with van der Waals surface area (Å²) in [6, 6.07) is -1.10. The molecular weight excluding hydrogens is 279 g/mol. The number of hydrogen-bond donors (Lipinski definition) is 1. The van der Waals surface area contributed by atoms with E-state index in [-0.39, 0.29) is 18.4 Å². The molecule has 1 atom stereocenters. The van der Waals surface area contributed by atoms with Crippen molar-refractivity contribution in [1.82, 2.24) is 10.2 Å². The number of piperidine rings is 1. The number of hydrogen-bond acceptors (Lipinski definition) is 4. The minimum absolute atomic E-state index is 0.0155. The molecule has 2 aliphatic heterocycles. The van der Waals surface area contributed by atoms with Crippen LogP contribution in [0.25, 0.3) is 0 Å². The van der Waals surface area contributed by atoms with Gasteiger partial charge in [-0.05, 0) is 19.4 Å². The van der Waals surface area contributed by atoms with Crippen molar-refractivity contribution in [3.8, 4) is 0 Å². The first-order chi connectivity index (χ1) is 9.92. The average molecular weight is 292 g/mol. The van der Waals surface area contributed by atoms with Crippen LogP contribution in [0.5, 0.6) is 0 Å². The summed E-state index contributed by atoms with van der Waals surface area (Å²) >= 11 is 0. The molecule has 0 aromatic carbocycles. The molecule has 110 valence electrons. The Labute approximate surface area is 120 Å². The molecule has 0 aliphatic carbocycles. The van der Waals surface area contributed by atoms with Crippen molar-refractivity contribution in [2.24, 2.45) is 0 Å². The number of allylic oxidation sites excluding steroid dienone is 3. The number of rotatable bonds is 2. The Morgan fingerprint density at radius 1 is 1.33 bits per heavy atom. The van der Waals surface area contributed by atoms with Crippen LogP contribution in [0.2, 0.25) is 0 Å². The first-order valence-corrected chi connectivity index (χ1v) is 6.32. The third-order valence-electron chi connectivity index (χ3n) is 3.38. The maximum atomic E-state index is 13.8. The number of amides is 4. The zero-order valence-corrected chi connectivity index (χ0v) is 11.3. The molecule has 1 N–H and O–H groups in total. The van der Waals surface area contributed by atoms with Gasteiger partial charge in [0.15, 0.2) is 0 Å². The van der Waals surface area contributed by atoms with Crippen LogP contribution >= 0.6 is 0 Å². The van der Waals surface area contributed by atoms with Crippen molar-refractivity contribution >= 4 is 23.6 Å². The number of carbonyl (C=O) groups is 4. The molecule has 7 heteroatoms. The third-order valence-corrected chi connectivity index (χ3v) is 3.38. The molecule has 2 fully saturated rings. The van der Waals surface area contributed by atoms with Crippen LogP contribution in [0, 0.1) is 0 Å². The second-order valence-corrected chi connectivity index (χ2v) is 4.58. The summed E-state index contributed by atoms with van der Waals surface area (Å²) in [6.45, 7) is 4.72. The van der Waals surface area contributed by atoms with E-state index in [2.05, 4.69) is 11.9 Å². The van der Waals surface area contributed by atoms with Crippen LogP contribution < -0.4 is 5.32 Å². The lowest BCUT2D eigenvalue weighted by molar-refractivity contribution is -0.149. The first kappa shape index (κ1) is 14.8. The van der Waals surface area contributed by atoms with Crippen LogP contribution in [0.4, 0.5) is 4.39 Å². The van der Waals surface area contributed by atoms with Crippen molar-refractivity contribution in [3.05, 3.63) is 35.7 Å². The van der Waals surface area contributed by atoms with Crippen LogP contribution in [-0.2, 0) is 19.2 Å². The van der Waals surface area contributed by atoms with Gasteiger partial charge < -0.3 is 0 Å². The molecule has 0 radical (unpaired) electrons. The van der Waals surface area contributed by atoms with Gasteiger partial charge in [-0.1, -0.05) is 12.7 Å². The quantitative estimate of drug-likeness (QED) is 0.594. The molecule has 0 bridgehead atoms. The Bertz CT molecular complexity index is 633. The van der Waals surface area contributed by atoms with Gasteiger partial charge in [0.2, 0.25) is 11.8 Å². The van der Waals surface area contributed by atoms with Crippen molar-refractivity contribution in [2.45, 2.75) is 25.8 Å². The van der Waals surface area contributed by atoms with E-state index >= 15 is 0 Å². The third kappa shape index (κ3) is 2.31. The molecule has 2 aliphatic rings. The Morgan fingerprint density at radius 3 is 2.52 bits per heavy atom. The highest BCUT2D eigenvalue weighted by molar-refractivity contribution is 6.26. The van der Waals surface area contributed by atoms with E-state index in [0.717, 1.165) is 6.08 Å². The average Bonchev–Trinajstić information content (AvgIpc) is 2.69. The largest absolute Gasteiger partial charge is 0.295 e. The highest BCUT2D eigenvalue weighted by Crippen LogP contribution is 2.32. The lowest BCUT2D eigenvalue weighted by Gasteiger charge is -2.27. The number of imide groups is 2. The Balaban J connectivity index is 2.45. The zero-order chi connectivity index (χ0) is 15.7. The van der Waals surface area contributed by atoms with Crippen molar-refractivity contribution in [1.29, 1.82) is 0 Å². The SMILES string of the molecule is C=C/C(F)=C1/C(=O)N(C2CCC(=O)NC2=O)C(=O)/C1=C/C. The molecular formula is C14H13FN2O4. The summed E-state index contributed by atoms with van der Waals surface area (Å²) in [7, 11) is 0. The number of nitrogens with zero attached hydrogens (tertiary/aromatic N) is 1. The van der Waals surface area contributed by atoms with Crippen LogP contribution in [-0.4, -0.2) is 34.6 Å². The van der Waals surface area contributed by atoms with E-state index in [4.69, 9.17) is 0 Å². The normalized spacial score (nSPS) is 27.2. The fourth-order valence-electron chi connectivity index (χ4n) is 2.38. The molecule has 0 aromatic heterocycles. The monoisotopic (exact) mass is 292 g/mol. The summed E-state index contributed by atoms with van der Waals surface area (Å²) in [6.07, 6.45) is 2.19. The molecule has 2 heterocycles. The molecule has 1 unspecified atom stereocenters. The maximum absolute atomic E-state index is 13.8. The van der Waals surface area contributed by atoms with Gasteiger partial charge in [0.25, 0.3) is 11.8 Å². The van der Waals surface area contributed by atoms with Gasteiger partial charge in [-0.15, -0.1) is 0 Å². The predicted octanol–water partition coefficient (Wildman–Crippen LogP) is 0.516. The summed E-state index contributed by atoms with van der Waals surface area (Å²) < 4.78 is 13.8. The van der Waals surface area contributed by atoms with E-state index in [1.807, 2.05) is 0 Å². The van der Waals surface area contributed by atoms with Gasteiger partial charge in [-0.25, -0.2) is 4.39 Å². The lowest BCUT2D eigenvalue weighted by atomic mass is 10.0. The van der Waals surface area contributed by atoms with Gasteiger partial charge in [-0.3, -0.25) is 29.4 Å². The molecule has 21 heavy (non-hydrogen) atoms. The molecule has 6 nitrogen and oxygen atoms in total. The molecule has 0 saturated carbocycles. The van der Waals surface area contributed by atoms with Gasteiger partial charge in [0, 0.05) is 6.42 Å². The highest BCUT2D eigenvalue weighted by Gasteiger charge is 2.47. The topological polar surface area (TPSA) is 83.6 Å². The van der Waals surface area contributed by atoms with E-state index in [9.17, 15) is 23.6 Å². The van der Waals surface area contributed by atoms with Crippen LogP contribution in [0.15, 0.2) is 35.7 Å². The van der Waals surface area contributed by atoms with Crippen LogP contribution in [0.1, 0.15) is 19.8 Å². The Hall–Kier alpha value is -2.57. The van der Waals surface area contributed by atoms with Crippen molar-refractivity contribution < 1.29 is 23.6 Å². The summed E-state index contributed by atoms with van der Waals surface area (Å²) in [5.74, 6) is -3.75. The predicted molar refractivity (Wildman–Crippen MR) is 70.1 cm³/mol. The summed E-state index contributed by atoms with van der Waals surface area (Å²) in [4.78, 5) is 48.1. The number of nitrogens with one attached hydrogen (secondary N) is 1. The van der Waals surface area contributed by atoms with Gasteiger partial charge >= 0.3 is 0 Å². The second-order valence-electron chi connectivity index (χ2n) is 4.58. The molecule has 4 amide bonds. The molecule has 2 rings (SSSR count). The second kappa shape index (κ2) is 5.43. The van der Waals surface area contributed by atoms with E-state index in [1.165, 1.54) is 13.0 Å². The number of likely N-dealkylation sites (tertiary alicyclic amines) is 1. The zero-order valence-electron chi connectivity index (χ0n) is 11.3. The summed E-state index contributed by atoms with van der Waals surface area (Å²) in [5, 5.41) is 2.06.